The van der Waals surface area contributed by atoms with Gasteiger partial charge in [0.05, 0.1) is 5.70 Å². The number of likely N-dealkylation sites (tertiary alicyclic amines) is 1. The number of carbonyl (C=O) groups is 2. The van der Waals surface area contributed by atoms with Gasteiger partial charge in [0.1, 0.15) is 0 Å². The Bertz CT molecular complexity index is 910. The molecule has 2 aliphatic rings. The fourth-order valence-corrected chi connectivity index (χ4v) is 4.63. The van der Waals surface area contributed by atoms with E-state index >= 15 is 0 Å². The molecule has 5 N–H and O–H groups in total. The monoisotopic (exact) mass is 409 g/mol. The maximum Gasteiger partial charge on any atom is 0.253 e. The van der Waals surface area contributed by atoms with Gasteiger partial charge in [-0.15, -0.1) is 0 Å². The summed E-state index contributed by atoms with van der Waals surface area (Å²) in [6.45, 7) is 7.10. The van der Waals surface area contributed by atoms with Gasteiger partial charge >= 0.3 is 0 Å². The summed E-state index contributed by atoms with van der Waals surface area (Å²) in [6, 6.07) is 5.14. The molecule has 1 atom stereocenters. The lowest BCUT2D eigenvalue weighted by Gasteiger charge is -2.48. The van der Waals surface area contributed by atoms with Gasteiger partial charge in [-0.05, 0) is 62.3 Å². The zero-order valence-corrected chi connectivity index (χ0v) is 17.9. The molecular weight excluding hydrogens is 378 g/mol. The fourth-order valence-electron chi connectivity index (χ4n) is 4.63. The predicted molar refractivity (Wildman–Crippen MR) is 119 cm³/mol. The van der Waals surface area contributed by atoms with Crippen molar-refractivity contribution in [3.05, 3.63) is 40.6 Å². The first-order valence-corrected chi connectivity index (χ1v) is 10.5. The van der Waals surface area contributed by atoms with Crippen LogP contribution in [0.3, 0.4) is 0 Å². The third-order valence-corrected chi connectivity index (χ3v) is 6.56. The molecule has 1 aliphatic carbocycles. The van der Waals surface area contributed by atoms with Crippen LogP contribution >= 0.6 is 0 Å². The van der Waals surface area contributed by atoms with Crippen LogP contribution < -0.4 is 11.1 Å². The highest BCUT2D eigenvalue weighted by atomic mass is 16.2. The molecule has 7 heteroatoms. The van der Waals surface area contributed by atoms with Crippen molar-refractivity contribution in [2.24, 2.45) is 11.3 Å². The number of hydrogen-bond donors (Lipinski definition) is 4. The normalized spacial score (nSPS) is 21.1. The molecule has 1 aromatic rings. The molecule has 0 radical (unpaired) electrons. The standard InChI is InChI=1S/C23H31N5O2/c1-14(2)27-20-18(13-25)11-23(15(3)21(20)29)6-8-28(9-7-23)22(30)16-4-5-19(26)17(10-16)12-24/h4-5,10,12-15,24-25,27H,6-9,11,26H2,1-3H3. The molecule has 3 rings (SSSR count). The van der Waals surface area contributed by atoms with E-state index in [1.54, 1.807) is 18.2 Å². The Labute approximate surface area is 177 Å². The van der Waals surface area contributed by atoms with Gasteiger partial charge in [-0.25, -0.2) is 0 Å². The van der Waals surface area contributed by atoms with Crippen LogP contribution in [-0.2, 0) is 4.79 Å². The third-order valence-electron chi connectivity index (χ3n) is 6.56. The molecule has 1 aromatic carbocycles. The highest BCUT2D eigenvalue weighted by molar-refractivity contribution is 6.03. The second kappa shape index (κ2) is 8.42. The van der Waals surface area contributed by atoms with Crippen molar-refractivity contribution in [2.75, 3.05) is 18.8 Å². The molecule has 1 unspecified atom stereocenters. The number of amides is 1. The number of allylic oxidation sites excluding steroid dienone is 2. The van der Waals surface area contributed by atoms with Gasteiger partial charge < -0.3 is 26.8 Å². The van der Waals surface area contributed by atoms with Crippen LogP contribution in [0.15, 0.2) is 29.5 Å². The summed E-state index contributed by atoms with van der Waals surface area (Å²) in [5.41, 5.74) is 8.49. The molecule has 0 bridgehead atoms. The van der Waals surface area contributed by atoms with Gasteiger partial charge in [0.15, 0.2) is 5.78 Å². The number of rotatable bonds is 5. The summed E-state index contributed by atoms with van der Waals surface area (Å²) < 4.78 is 0. The predicted octanol–water partition coefficient (Wildman–Crippen LogP) is 3.00. The van der Waals surface area contributed by atoms with Gasteiger partial charge in [-0.3, -0.25) is 9.59 Å². The van der Waals surface area contributed by atoms with Gasteiger partial charge in [0.25, 0.3) is 5.91 Å². The topological polar surface area (TPSA) is 123 Å². The van der Waals surface area contributed by atoms with Gasteiger partial charge in [-0.1, -0.05) is 6.92 Å². The number of carbonyl (C=O) groups excluding carboxylic acids is 2. The molecule has 7 nitrogen and oxygen atoms in total. The van der Waals surface area contributed by atoms with Crippen LogP contribution in [0.5, 0.6) is 0 Å². The number of nitrogens with two attached hydrogens (primary N) is 1. The second-order valence-corrected chi connectivity index (χ2v) is 8.75. The van der Waals surface area contributed by atoms with Gasteiger partial charge in [0.2, 0.25) is 0 Å². The number of piperidine rings is 1. The molecule has 1 fully saturated rings. The van der Waals surface area contributed by atoms with Gasteiger partial charge in [0, 0.05) is 54.3 Å². The Morgan fingerprint density at radius 1 is 1.27 bits per heavy atom. The largest absolute Gasteiger partial charge is 0.398 e. The smallest absolute Gasteiger partial charge is 0.253 e. The number of hydrogen-bond acceptors (Lipinski definition) is 6. The van der Waals surface area contributed by atoms with Crippen LogP contribution in [0, 0.1) is 22.2 Å². The zero-order valence-electron chi connectivity index (χ0n) is 17.9. The minimum Gasteiger partial charge on any atom is -0.398 e. The number of nitrogen functional groups attached to an aromatic ring is 1. The molecule has 160 valence electrons. The summed E-state index contributed by atoms with van der Waals surface area (Å²) in [6.07, 6.45) is 4.59. The van der Waals surface area contributed by atoms with Crippen molar-refractivity contribution in [3.8, 4) is 0 Å². The fraction of sp³-hybridized carbons (Fsp3) is 0.478. The maximum atomic E-state index is 13.1. The Kier molecular flexibility index (Phi) is 6.10. The Morgan fingerprint density at radius 2 is 1.93 bits per heavy atom. The molecule has 1 amide bonds. The zero-order chi connectivity index (χ0) is 22.1. The van der Waals surface area contributed by atoms with E-state index in [2.05, 4.69) is 5.32 Å². The lowest BCUT2D eigenvalue weighted by atomic mass is 9.61. The van der Waals surface area contributed by atoms with Crippen LogP contribution in [0.25, 0.3) is 0 Å². The van der Waals surface area contributed by atoms with E-state index in [-0.39, 0.29) is 29.1 Å². The van der Waals surface area contributed by atoms with E-state index in [1.807, 2.05) is 25.7 Å². The number of ketones is 1. The first kappa shape index (κ1) is 21.7. The summed E-state index contributed by atoms with van der Waals surface area (Å²) >= 11 is 0. The van der Waals surface area contributed by atoms with E-state index in [0.717, 1.165) is 24.6 Å². The highest BCUT2D eigenvalue weighted by Crippen LogP contribution is 2.48. The molecule has 0 saturated carbocycles. The van der Waals surface area contributed by atoms with Crippen molar-refractivity contribution in [3.63, 3.8) is 0 Å². The summed E-state index contributed by atoms with van der Waals surface area (Å²) in [5, 5.41) is 18.5. The summed E-state index contributed by atoms with van der Waals surface area (Å²) in [4.78, 5) is 27.9. The average Bonchev–Trinajstić information content (AvgIpc) is 2.74. The minimum absolute atomic E-state index is 0.0717. The molecular formula is C23H31N5O2. The van der Waals surface area contributed by atoms with E-state index < -0.39 is 0 Å². The van der Waals surface area contributed by atoms with Crippen molar-refractivity contribution >= 4 is 29.8 Å². The molecule has 1 heterocycles. The minimum atomic E-state index is -0.218. The number of nitrogens with one attached hydrogen (secondary N) is 3. The Balaban J connectivity index is 1.78. The quantitative estimate of drug-likeness (QED) is 0.441. The number of nitrogens with zero attached hydrogens (tertiary/aromatic N) is 1. The maximum absolute atomic E-state index is 13.1. The van der Waals surface area contributed by atoms with Crippen molar-refractivity contribution in [1.29, 1.82) is 10.8 Å². The Morgan fingerprint density at radius 3 is 2.50 bits per heavy atom. The molecule has 0 aromatic heterocycles. The molecule has 1 spiro atoms. The molecule has 1 saturated heterocycles. The lowest BCUT2D eigenvalue weighted by molar-refractivity contribution is -0.125. The number of anilines is 1. The highest BCUT2D eigenvalue weighted by Gasteiger charge is 2.47. The van der Waals surface area contributed by atoms with Crippen LogP contribution in [-0.4, -0.2) is 48.2 Å². The van der Waals surface area contributed by atoms with Crippen molar-refractivity contribution in [2.45, 2.75) is 46.1 Å². The van der Waals surface area contributed by atoms with Crippen molar-refractivity contribution in [1.82, 2.24) is 10.2 Å². The molecule has 30 heavy (non-hydrogen) atoms. The van der Waals surface area contributed by atoms with Crippen LogP contribution in [0.4, 0.5) is 5.69 Å². The summed E-state index contributed by atoms with van der Waals surface area (Å²) in [7, 11) is 0. The van der Waals surface area contributed by atoms with E-state index in [9.17, 15) is 9.59 Å². The van der Waals surface area contributed by atoms with E-state index in [0.29, 0.717) is 42.0 Å². The van der Waals surface area contributed by atoms with Crippen LogP contribution in [0.2, 0.25) is 0 Å². The summed E-state index contributed by atoms with van der Waals surface area (Å²) in [5.74, 6) is -0.157. The van der Waals surface area contributed by atoms with Gasteiger partial charge in [-0.2, -0.15) is 0 Å². The SMILES string of the molecule is CC(C)NC1=C(C=N)CC2(CCN(C(=O)c3ccc(N)c(C=N)c3)CC2)C(C)C1=O. The Hall–Kier alpha value is -2.96. The second-order valence-electron chi connectivity index (χ2n) is 8.75. The van der Waals surface area contributed by atoms with Crippen molar-refractivity contribution < 1.29 is 9.59 Å². The third kappa shape index (κ3) is 3.88. The van der Waals surface area contributed by atoms with Crippen LogP contribution in [0.1, 0.15) is 56.0 Å². The van der Waals surface area contributed by atoms with E-state index in [4.69, 9.17) is 16.6 Å². The number of Topliss-reactive ketones (excluding diaryl/α,β-unsaturated/α-hetero) is 1. The lowest BCUT2D eigenvalue weighted by Crippen LogP contribution is -2.51. The first-order valence-electron chi connectivity index (χ1n) is 10.5. The first-order chi connectivity index (χ1) is 14.2. The molecule has 1 aliphatic heterocycles. The van der Waals surface area contributed by atoms with E-state index in [1.165, 1.54) is 6.21 Å². The average molecular weight is 410 g/mol. The number of benzene rings is 1.